The lowest BCUT2D eigenvalue weighted by atomic mass is 9.96. The summed E-state index contributed by atoms with van der Waals surface area (Å²) in [5, 5.41) is 13.1. The molecule has 0 saturated heterocycles. The Balaban J connectivity index is 0.00000144. The number of aliphatic hydroxyl groups is 1. The molecular formula is C32H33N3O3. The molecule has 2 aromatic carbocycles. The second kappa shape index (κ2) is 10.3. The van der Waals surface area contributed by atoms with Crippen molar-refractivity contribution in [3.63, 3.8) is 0 Å². The topological polar surface area (TPSA) is 84.2 Å². The molecule has 38 heavy (non-hydrogen) atoms. The lowest BCUT2D eigenvalue weighted by Crippen LogP contribution is -2.31. The summed E-state index contributed by atoms with van der Waals surface area (Å²) in [6, 6.07) is 18.0. The number of aliphatic hydroxyl groups excluding tert-OH is 1. The van der Waals surface area contributed by atoms with E-state index in [1.807, 2.05) is 42.7 Å². The molecular weight excluding hydrogens is 474 g/mol. The summed E-state index contributed by atoms with van der Waals surface area (Å²) in [5.41, 5.74) is 5.67. The zero-order valence-corrected chi connectivity index (χ0v) is 22.1. The lowest BCUT2D eigenvalue weighted by molar-refractivity contribution is 0.0949. The van der Waals surface area contributed by atoms with Crippen LogP contribution in [-0.4, -0.2) is 26.6 Å². The van der Waals surface area contributed by atoms with Gasteiger partial charge in [0.05, 0.1) is 11.1 Å². The Kier molecular flexibility index (Phi) is 6.89. The van der Waals surface area contributed by atoms with Crippen LogP contribution in [0.1, 0.15) is 60.5 Å². The lowest BCUT2D eigenvalue weighted by Gasteiger charge is -2.14. The maximum absolute atomic E-state index is 13.1. The smallest absolute Gasteiger partial charge is 0.257 e. The van der Waals surface area contributed by atoms with Crippen molar-refractivity contribution in [2.45, 2.75) is 52.0 Å². The van der Waals surface area contributed by atoms with Gasteiger partial charge in [-0.2, -0.15) is 0 Å². The van der Waals surface area contributed by atoms with Crippen LogP contribution in [0.3, 0.4) is 0 Å². The van der Waals surface area contributed by atoms with E-state index in [0.29, 0.717) is 17.0 Å². The first kappa shape index (κ1) is 25.5. The molecule has 0 radical (unpaired) electrons. The second-order valence-corrected chi connectivity index (χ2v) is 9.93. The van der Waals surface area contributed by atoms with Gasteiger partial charge in [0, 0.05) is 30.0 Å². The number of aromatic nitrogens is 2. The number of hydrogen-bond donors (Lipinski definition) is 2. The van der Waals surface area contributed by atoms with Gasteiger partial charge in [-0.15, -0.1) is 0 Å². The zero-order chi connectivity index (χ0) is 27.0. The minimum atomic E-state index is -0.340. The molecule has 194 valence electrons. The number of allylic oxidation sites excluding steroid dienone is 1. The SMILES string of the molecule is C=C(O)C1CC1c1ccc(-c2cccc(-n3cc(C(=O)NC4CC4)c(=O)c4cccnc43)c2)cc1C.CC. The molecule has 1 amide bonds. The first-order valence-electron chi connectivity index (χ1n) is 13.3. The van der Waals surface area contributed by atoms with Gasteiger partial charge in [-0.1, -0.05) is 50.8 Å². The van der Waals surface area contributed by atoms with Crippen LogP contribution in [0, 0.1) is 12.8 Å². The van der Waals surface area contributed by atoms with Crippen molar-refractivity contribution in [3.8, 4) is 16.8 Å². The van der Waals surface area contributed by atoms with Gasteiger partial charge in [0.25, 0.3) is 5.91 Å². The van der Waals surface area contributed by atoms with E-state index in [4.69, 9.17) is 0 Å². The average Bonchev–Trinajstić information content (AvgIpc) is 3.86. The molecule has 2 N–H and O–H groups in total. The fourth-order valence-electron chi connectivity index (χ4n) is 5.02. The minimum Gasteiger partial charge on any atom is -0.513 e. The summed E-state index contributed by atoms with van der Waals surface area (Å²) in [6.45, 7) is 9.79. The summed E-state index contributed by atoms with van der Waals surface area (Å²) < 4.78 is 1.82. The van der Waals surface area contributed by atoms with Crippen LogP contribution in [-0.2, 0) is 0 Å². The van der Waals surface area contributed by atoms with Gasteiger partial charge < -0.3 is 15.0 Å². The Morgan fingerprint density at radius 3 is 2.53 bits per heavy atom. The zero-order valence-electron chi connectivity index (χ0n) is 22.1. The highest BCUT2D eigenvalue weighted by atomic mass is 16.3. The highest BCUT2D eigenvalue weighted by Gasteiger charge is 2.41. The number of nitrogens with one attached hydrogen (secondary N) is 1. The third kappa shape index (κ3) is 4.86. The van der Waals surface area contributed by atoms with Gasteiger partial charge >= 0.3 is 0 Å². The highest BCUT2D eigenvalue weighted by Crippen LogP contribution is 2.51. The maximum Gasteiger partial charge on any atom is 0.257 e. The monoisotopic (exact) mass is 507 g/mol. The molecule has 4 aromatic rings. The van der Waals surface area contributed by atoms with Crippen LogP contribution in [0.5, 0.6) is 0 Å². The van der Waals surface area contributed by atoms with Gasteiger partial charge in [-0.3, -0.25) is 9.59 Å². The maximum atomic E-state index is 13.1. The van der Waals surface area contributed by atoms with Crippen LogP contribution in [0.4, 0.5) is 0 Å². The molecule has 0 bridgehead atoms. The first-order chi connectivity index (χ1) is 18.4. The average molecular weight is 508 g/mol. The van der Waals surface area contributed by atoms with Crippen molar-refractivity contribution >= 4 is 16.9 Å². The number of aryl methyl sites for hydroxylation is 1. The molecule has 6 nitrogen and oxygen atoms in total. The van der Waals surface area contributed by atoms with Crippen LogP contribution < -0.4 is 10.7 Å². The molecule has 2 fully saturated rings. The molecule has 2 saturated carbocycles. The van der Waals surface area contributed by atoms with Gasteiger partial charge in [-0.25, -0.2) is 4.98 Å². The number of hydrogen-bond acceptors (Lipinski definition) is 4. The van der Waals surface area contributed by atoms with Crippen LogP contribution in [0.25, 0.3) is 27.8 Å². The predicted octanol–water partition coefficient (Wildman–Crippen LogP) is 6.45. The molecule has 6 heteroatoms. The second-order valence-electron chi connectivity index (χ2n) is 9.93. The molecule has 2 unspecified atom stereocenters. The number of pyridine rings is 2. The Bertz CT molecular complexity index is 1600. The van der Waals surface area contributed by atoms with E-state index in [1.165, 1.54) is 11.1 Å². The minimum absolute atomic E-state index is 0.123. The standard InChI is InChI=1S/C30H27N3O3.C2H6/c1-17-13-20(8-11-23(17)26-15-25(26)18(2)34)19-5-3-6-22(14-19)33-16-27(30(36)32-21-9-10-21)28(35)24-7-4-12-31-29(24)33;1-2/h3-8,11-14,16,21,25-26,34H,2,9-10,15H2,1H3,(H,32,36);1-2H3. The fraction of sp³-hybridized carbons (Fsp3) is 0.281. The Labute approximate surface area is 222 Å². The molecule has 2 aromatic heterocycles. The third-order valence-electron chi connectivity index (χ3n) is 7.26. The normalized spacial score (nSPS) is 17.9. The van der Waals surface area contributed by atoms with E-state index >= 15 is 0 Å². The largest absolute Gasteiger partial charge is 0.513 e. The molecule has 2 heterocycles. The number of rotatable bonds is 6. The molecule has 6 rings (SSSR count). The number of benzene rings is 2. The van der Waals surface area contributed by atoms with Crippen LogP contribution in [0.2, 0.25) is 0 Å². The number of fused-ring (bicyclic) bond motifs is 1. The van der Waals surface area contributed by atoms with E-state index in [0.717, 1.165) is 36.1 Å². The quantitative estimate of drug-likeness (QED) is 0.294. The van der Waals surface area contributed by atoms with E-state index in [2.05, 4.69) is 42.0 Å². The van der Waals surface area contributed by atoms with Crippen molar-refractivity contribution in [2.24, 2.45) is 5.92 Å². The summed E-state index contributed by atoms with van der Waals surface area (Å²) in [7, 11) is 0. The molecule has 0 spiro atoms. The molecule has 2 aliphatic carbocycles. The summed E-state index contributed by atoms with van der Waals surface area (Å²) >= 11 is 0. The Hall–Kier alpha value is -4.19. The Morgan fingerprint density at radius 1 is 1.08 bits per heavy atom. The summed E-state index contributed by atoms with van der Waals surface area (Å²) in [4.78, 5) is 30.4. The van der Waals surface area contributed by atoms with Crippen molar-refractivity contribution in [3.05, 3.63) is 106 Å². The number of nitrogens with zero attached hydrogens (tertiary/aromatic N) is 2. The predicted molar refractivity (Wildman–Crippen MR) is 152 cm³/mol. The van der Waals surface area contributed by atoms with Gasteiger partial charge in [0.1, 0.15) is 11.2 Å². The van der Waals surface area contributed by atoms with Crippen molar-refractivity contribution in [2.75, 3.05) is 0 Å². The first-order valence-corrected chi connectivity index (χ1v) is 13.3. The van der Waals surface area contributed by atoms with E-state index < -0.39 is 0 Å². The number of carbonyl (C=O) groups excluding carboxylic acids is 1. The summed E-state index contributed by atoms with van der Waals surface area (Å²) in [6.07, 6.45) is 6.10. The number of amides is 1. The van der Waals surface area contributed by atoms with Crippen molar-refractivity contribution in [1.29, 1.82) is 0 Å². The molecule has 2 aliphatic rings. The van der Waals surface area contributed by atoms with Gasteiger partial charge in [0.15, 0.2) is 0 Å². The van der Waals surface area contributed by atoms with E-state index in [9.17, 15) is 14.7 Å². The van der Waals surface area contributed by atoms with E-state index in [-0.39, 0.29) is 34.6 Å². The fourth-order valence-corrected chi connectivity index (χ4v) is 5.02. The van der Waals surface area contributed by atoms with Crippen molar-refractivity contribution < 1.29 is 9.90 Å². The Morgan fingerprint density at radius 2 is 1.84 bits per heavy atom. The van der Waals surface area contributed by atoms with Gasteiger partial charge in [-0.05, 0) is 78.6 Å². The number of carbonyl (C=O) groups is 1. The van der Waals surface area contributed by atoms with Gasteiger partial charge in [0.2, 0.25) is 5.43 Å². The molecule has 0 aliphatic heterocycles. The molecule has 2 atom stereocenters. The highest BCUT2D eigenvalue weighted by molar-refractivity contribution is 5.97. The van der Waals surface area contributed by atoms with E-state index in [1.54, 1.807) is 24.5 Å². The van der Waals surface area contributed by atoms with Crippen molar-refractivity contribution in [1.82, 2.24) is 14.9 Å². The third-order valence-corrected chi connectivity index (χ3v) is 7.26. The van der Waals surface area contributed by atoms with Crippen LogP contribution >= 0.6 is 0 Å². The summed E-state index contributed by atoms with van der Waals surface area (Å²) in [5.74, 6) is 0.420. The van der Waals surface area contributed by atoms with Crippen LogP contribution in [0.15, 0.2) is 84.1 Å².